The maximum atomic E-state index is 7.27. The lowest BCUT2D eigenvalue weighted by atomic mass is 10.0. The largest absolute Gasteiger partial charge is 0.454 e. The molecule has 8 aromatic heterocycles. The Hall–Kier alpha value is -13.3. The first-order chi connectivity index (χ1) is 50.5. The van der Waals surface area contributed by atoms with E-state index in [-0.39, 0.29) is 0 Å². The summed E-state index contributed by atoms with van der Waals surface area (Å²) in [6.07, 6.45) is 0. The number of para-hydroxylation sites is 5. The van der Waals surface area contributed by atoms with E-state index in [4.69, 9.17) is 38.7 Å². The molecule has 0 saturated heterocycles. The Kier molecular flexibility index (Phi) is 12.3. The van der Waals surface area contributed by atoms with E-state index < -0.39 is 0 Å². The molecule has 14 aromatic carbocycles. The summed E-state index contributed by atoms with van der Waals surface area (Å²) in [5.74, 6) is 3.69. The van der Waals surface area contributed by atoms with Gasteiger partial charge in [0, 0.05) is 112 Å². The molecular formula is C90H50N8O2S2. The molecule has 0 atom stereocenters. The van der Waals surface area contributed by atoms with Crippen LogP contribution in [0.1, 0.15) is 0 Å². The van der Waals surface area contributed by atoms with Crippen LogP contribution in [-0.2, 0) is 0 Å². The molecule has 12 heteroatoms. The van der Waals surface area contributed by atoms with E-state index in [1.807, 2.05) is 78.9 Å². The molecule has 22 aromatic rings. The second-order valence-corrected chi connectivity index (χ2v) is 28.1. The molecule has 474 valence electrons. The van der Waals surface area contributed by atoms with Gasteiger partial charge in [-0.05, 0) is 83.9 Å². The fourth-order valence-electron chi connectivity index (χ4n) is 15.6. The van der Waals surface area contributed by atoms with Crippen molar-refractivity contribution in [3.8, 4) is 90.8 Å². The first kappa shape index (κ1) is 56.7. The van der Waals surface area contributed by atoms with Crippen molar-refractivity contribution in [3.63, 3.8) is 0 Å². The van der Waals surface area contributed by atoms with Crippen LogP contribution in [0.15, 0.2) is 312 Å². The first-order valence-electron chi connectivity index (χ1n) is 34.0. The van der Waals surface area contributed by atoms with Crippen LogP contribution in [0.3, 0.4) is 0 Å². The molecule has 0 aliphatic heterocycles. The fourth-order valence-corrected chi connectivity index (χ4v) is 18.1. The highest BCUT2D eigenvalue weighted by Gasteiger charge is 2.25. The fraction of sp³-hybridized carbons (Fsp3) is 0. The number of nitrogens with zero attached hydrogens (tertiary/aromatic N) is 8. The Morgan fingerprint density at radius 3 is 1.19 bits per heavy atom. The van der Waals surface area contributed by atoms with Crippen LogP contribution in [0.25, 0.3) is 219 Å². The quantitative estimate of drug-likeness (QED) is 0.140. The number of fused-ring (bicyclic) bond motifs is 19. The number of thiophene rings is 2. The zero-order chi connectivity index (χ0) is 66.7. The standard InChI is InChI=1S/C90H50N8O2S2/c1-4-20-52(21-5-1)85-91-86(53-22-6-2-7-23-53)95-90(94-85)67-34-16-31-63-65-46-45-62-60-29-18-39-76(80(60)100-81(62)84(65)102-83(63)67)98-73-37-15-12-28-59(73)68-48-56(44-47-74(68)98)51-40-42-55(43-41-51)88-92-87(54-24-8-3-9-25-54)93-89(96-88)66-33-17-32-64-70-49-77-69(50-78(70)101-82(64)66)61-30-19-38-75(79(61)99-77)97-71-35-13-10-26-57(71)58-27-11-14-36-72(58)97/h1-50H. The van der Waals surface area contributed by atoms with E-state index in [1.54, 1.807) is 22.7 Å². The Bertz CT molecular complexity index is 7140. The maximum absolute atomic E-state index is 7.27. The molecule has 0 N–H and O–H groups in total. The van der Waals surface area contributed by atoms with Gasteiger partial charge in [-0.1, -0.05) is 231 Å². The minimum absolute atomic E-state index is 0.595. The predicted octanol–water partition coefficient (Wildman–Crippen LogP) is 24.5. The Labute approximate surface area is 588 Å². The lowest BCUT2D eigenvalue weighted by Gasteiger charge is -2.10. The topological polar surface area (TPSA) is 113 Å². The van der Waals surface area contributed by atoms with Crippen LogP contribution in [0.5, 0.6) is 0 Å². The summed E-state index contributed by atoms with van der Waals surface area (Å²) in [6.45, 7) is 0. The Morgan fingerprint density at radius 1 is 0.225 bits per heavy atom. The van der Waals surface area contributed by atoms with Gasteiger partial charge in [0.15, 0.2) is 51.7 Å². The predicted molar refractivity (Wildman–Crippen MR) is 420 cm³/mol. The van der Waals surface area contributed by atoms with Crippen molar-refractivity contribution in [1.29, 1.82) is 0 Å². The van der Waals surface area contributed by atoms with E-state index in [1.165, 1.54) is 10.8 Å². The summed E-state index contributed by atoms with van der Waals surface area (Å²) in [7, 11) is 0. The summed E-state index contributed by atoms with van der Waals surface area (Å²) >= 11 is 3.49. The van der Waals surface area contributed by atoms with E-state index in [0.717, 1.165) is 173 Å². The molecule has 8 heterocycles. The van der Waals surface area contributed by atoms with Crippen LogP contribution in [-0.4, -0.2) is 39.0 Å². The molecule has 0 saturated carbocycles. The van der Waals surface area contributed by atoms with Gasteiger partial charge in [-0.25, -0.2) is 29.9 Å². The van der Waals surface area contributed by atoms with Gasteiger partial charge in [0.25, 0.3) is 0 Å². The number of furan rings is 2. The van der Waals surface area contributed by atoms with Crippen LogP contribution < -0.4 is 0 Å². The van der Waals surface area contributed by atoms with Crippen LogP contribution >= 0.6 is 22.7 Å². The van der Waals surface area contributed by atoms with Crippen molar-refractivity contribution in [2.45, 2.75) is 0 Å². The Morgan fingerprint density at radius 2 is 0.618 bits per heavy atom. The zero-order valence-electron chi connectivity index (χ0n) is 54.1. The molecule has 10 nitrogen and oxygen atoms in total. The van der Waals surface area contributed by atoms with Crippen LogP contribution in [0.4, 0.5) is 0 Å². The highest BCUT2D eigenvalue weighted by atomic mass is 32.1. The highest BCUT2D eigenvalue weighted by molar-refractivity contribution is 7.27. The highest BCUT2D eigenvalue weighted by Crippen LogP contribution is 2.49. The second kappa shape index (κ2) is 22.1. The number of hydrogen-bond acceptors (Lipinski definition) is 10. The first-order valence-corrected chi connectivity index (χ1v) is 35.6. The third kappa shape index (κ3) is 8.64. The molecule has 0 radical (unpaired) electrons. The molecule has 22 rings (SSSR count). The van der Waals surface area contributed by atoms with Gasteiger partial charge in [0.05, 0.1) is 38.1 Å². The normalized spacial score (nSPS) is 12.1. The second-order valence-electron chi connectivity index (χ2n) is 26.0. The molecular weight excluding hydrogens is 1290 g/mol. The summed E-state index contributed by atoms with van der Waals surface area (Å²) in [5.41, 5.74) is 17.6. The van der Waals surface area contributed by atoms with Crippen molar-refractivity contribution >= 4 is 151 Å². The van der Waals surface area contributed by atoms with E-state index in [9.17, 15) is 0 Å². The molecule has 0 bridgehead atoms. The molecule has 0 spiro atoms. The smallest absolute Gasteiger partial charge is 0.165 e. The molecule has 0 amide bonds. The van der Waals surface area contributed by atoms with Crippen molar-refractivity contribution in [3.05, 3.63) is 303 Å². The minimum Gasteiger partial charge on any atom is -0.454 e. The molecule has 0 fully saturated rings. The average molecular weight is 1340 g/mol. The van der Waals surface area contributed by atoms with E-state index in [0.29, 0.717) is 34.9 Å². The summed E-state index contributed by atoms with van der Waals surface area (Å²) in [6, 6.07) is 107. The third-order valence-corrected chi connectivity index (χ3v) is 22.7. The zero-order valence-corrected chi connectivity index (χ0v) is 55.7. The minimum atomic E-state index is 0.595. The van der Waals surface area contributed by atoms with Gasteiger partial charge < -0.3 is 18.0 Å². The molecule has 0 aliphatic rings. The number of rotatable bonds is 9. The van der Waals surface area contributed by atoms with Crippen molar-refractivity contribution in [1.82, 2.24) is 39.0 Å². The molecule has 102 heavy (non-hydrogen) atoms. The SMILES string of the molecule is c1ccc(-c2nc(-c3ccc(-c4ccc5c(c4)c4ccccc4n5-c4cccc5c4oc4c5ccc5c6cccc(-c7nc(-c8ccccc8)nc(-c8ccccc8)n7)c6sc54)cc3)nc(-c3cccc4c3sc3cc5c(cc34)oc3c(-n4c6ccccc6c6ccccc64)cccc35)n2)cc1. The van der Waals surface area contributed by atoms with Gasteiger partial charge in [0.2, 0.25) is 0 Å². The number of benzene rings is 14. The van der Waals surface area contributed by atoms with Gasteiger partial charge >= 0.3 is 0 Å². The van der Waals surface area contributed by atoms with Gasteiger partial charge in [-0.2, -0.15) is 0 Å². The van der Waals surface area contributed by atoms with E-state index >= 15 is 0 Å². The lowest BCUT2D eigenvalue weighted by Crippen LogP contribution is -2.00. The number of aromatic nitrogens is 8. The van der Waals surface area contributed by atoms with Crippen molar-refractivity contribution < 1.29 is 8.83 Å². The summed E-state index contributed by atoms with van der Waals surface area (Å²) < 4.78 is 23.4. The van der Waals surface area contributed by atoms with Gasteiger partial charge in [-0.15, -0.1) is 22.7 Å². The lowest BCUT2D eigenvalue weighted by molar-refractivity contribution is 0.667. The molecule has 0 aliphatic carbocycles. The Balaban J connectivity index is 0.620. The number of hydrogen-bond donors (Lipinski definition) is 0. The average Bonchev–Trinajstić information content (AvgIpc) is 1.57. The van der Waals surface area contributed by atoms with Gasteiger partial charge in [0.1, 0.15) is 5.58 Å². The molecule has 0 unspecified atom stereocenters. The van der Waals surface area contributed by atoms with Crippen molar-refractivity contribution in [2.75, 3.05) is 0 Å². The third-order valence-electron chi connectivity index (χ3n) is 20.3. The monoisotopic (exact) mass is 1340 g/mol. The maximum Gasteiger partial charge on any atom is 0.165 e. The van der Waals surface area contributed by atoms with Gasteiger partial charge in [-0.3, -0.25) is 0 Å². The van der Waals surface area contributed by atoms with Crippen molar-refractivity contribution in [2.24, 2.45) is 0 Å². The van der Waals surface area contributed by atoms with E-state index in [2.05, 4.69) is 234 Å². The van der Waals surface area contributed by atoms with Crippen LogP contribution in [0, 0.1) is 0 Å². The van der Waals surface area contributed by atoms with Crippen LogP contribution in [0.2, 0.25) is 0 Å². The summed E-state index contributed by atoms with van der Waals surface area (Å²) in [5, 5.41) is 13.5. The summed E-state index contributed by atoms with van der Waals surface area (Å²) in [4.78, 5) is 31.1.